The van der Waals surface area contributed by atoms with E-state index in [1.54, 1.807) is 23.2 Å². The molecule has 1 aromatic carbocycles. The lowest BCUT2D eigenvalue weighted by molar-refractivity contribution is 0.0697. The van der Waals surface area contributed by atoms with E-state index in [1.807, 2.05) is 37.4 Å². The van der Waals surface area contributed by atoms with Crippen LogP contribution in [0.3, 0.4) is 0 Å². The Kier molecular flexibility index (Phi) is 4.88. The number of nitrogens with zero attached hydrogens (tertiary/aromatic N) is 2. The highest BCUT2D eigenvalue weighted by molar-refractivity contribution is 5.92. The van der Waals surface area contributed by atoms with Crippen molar-refractivity contribution in [1.82, 2.24) is 15.2 Å². The maximum absolute atomic E-state index is 12.6. The minimum atomic E-state index is -0.0598. The van der Waals surface area contributed by atoms with Crippen LogP contribution in [-0.4, -0.2) is 42.0 Å². The lowest BCUT2D eigenvalue weighted by Gasteiger charge is -2.31. The highest BCUT2D eigenvalue weighted by atomic mass is 16.5. The van der Waals surface area contributed by atoms with Crippen LogP contribution in [0.5, 0.6) is 11.5 Å². The van der Waals surface area contributed by atoms with Gasteiger partial charge >= 0.3 is 0 Å². The Labute approximate surface area is 136 Å². The first-order valence-corrected chi connectivity index (χ1v) is 7.91. The monoisotopic (exact) mass is 311 g/mol. The zero-order valence-electron chi connectivity index (χ0n) is 13.2. The summed E-state index contributed by atoms with van der Waals surface area (Å²) in [6, 6.07) is 13.2. The van der Waals surface area contributed by atoms with Crippen LogP contribution in [0.4, 0.5) is 0 Å². The summed E-state index contributed by atoms with van der Waals surface area (Å²) in [5.74, 6) is 1.30. The summed E-state index contributed by atoms with van der Waals surface area (Å²) in [6.45, 7) is 1.90. The van der Waals surface area contributed by atoms with E-state index in [4.69, 9.17) is 4.74 Å². The predicted octanol–water partition coefficient (Wildman–Crippen LogP) is 2.70. The molecule has 1 N–H and O–H groups in total. The molecule has 5 nitrogen and oxygen atoms in total. The van der Waals surface area contributed by atoms with Crippen LogP contribution in [0.15, 0.2) is 48.7 Å². The Hall–Kier alpha value is -2.40. The maximum Gasteiger partial charge on any atom is 0.272 e. The summed E-state index contributed by atoms with van der Waals surface area (Å²) in [6.07, 6.45) is 3.56. The molecule has 5 heteroatoms. The molecular weight excluding hydrogens is 290 g/mol. The number of carbonyl (C=O) groups excluding carboxylic acids is 1. The van der Waals surface area contributed by atoms with Crippen molar-refractivity contribution in [2.75, 3.05) is 20.1 Å². The van der Waals surface area contributed by atoms with Gasteiger partial charge < -0.3 is 15.0 Å². The van der Waals surface area contributed by atoms with Crippen molar-refractivity contribution in [3.8, 4) is 11.5 Å². The van der Waals surface area contributed by atoms with E-state index in [1.165, 1.54) is 0 Å². The fourth-order valence-electron chi connectivity index (χ4n) is 2.76. The van der Waals surface area contributed by atoms with E-state index in [0.717, 1.165) is 31.7 Å². The Balaban J connectivity index is 1.72. The van der Waals surface area contributed by atoms with Crippen molar-refractivity contribution in [2.24, 2.45) is 0 Å². The van der Waals surface area contributed by atoms with Crippen LogP contribution in [0.25, 0.3) is 0 Å². The number of rotatable bonds is 4. The zero-order chi connectivity index (χ0) is 16.1. The smallest absolute Gasteiger partial charge is 0.272 e. The zero-order valence-corrected chi connectivity index (χ0v) is 13.2. The highest BCUT2D eigenvalue weighted by Crippen LogP contribution is 2.22. The minimum absolute atomic E-state index is 0.0598. The first-order chi connectivity index (χ1) is 11.2. The van der Waals surface area contributed by atoms with Crippen molar-refractivity contribution in [3.63, 3.8) is 0 Å². The summed E-state index contributed by atoms with van der Waals surface area (Å²) < 4.78 is 5.77. The molecule has 3 rings (SSSR count). The number of pyridine rings is 1. The van der Waals surface area contributed by atoms with Crippen LogP contribution >= 0.6 is 0 Å². The average Bonchev–Trinajstić information content (AvgIpc) is 2.62. The van der Waals surface area contributed by atoms with Gasteiger partial charge in [-0.2, -0.15) is 0 Å². The minimum Gasteiger partial charge on any atom is -0.457 e. The van der Waals surface area contributed by atoms with Crippen LogP contribution in [0, 0.1) is 0 Å². The molecule has 23 heavy (non-hydrogen) atoms. The second-order valence-electron chi connectivity index (χ2n) is 5.69. The molecule has 0 radical (unpaired) electrons. The van der Waals surface area contributed by atoms with Gasteiger partial charge in [-0.15, -0.1) is 0 Å². The Morgan fingerprint density at radius 1 is 1.17 bits per heavy atom. The molecule has 1 aliphatic heterocycles. The number of ether oxygens (including phenoxy) is 1. The van der Waals surface area contributed by atoms with Gasteiger partial charge in [-0.05, 0) is 44.1 Å². The second kappa shape index (κ2) is 7.24. The third-order valence-electron chi connectivity index (χ3n) is 4.11. The number of benzene rings is 1. The largest absolute Gasteiger partial charge is 0.457 e. The summed E-state index contributed by atoms with van der Waals surface area (Å²) in [5, 5.41) is 3.31. The van der Waals surface area contributed by atoms with E-state index in [2.05, 4.69) is 10.3 Å². The molecule has 0 bridgehead atoms. The van der Waals surface area contributed by atoms with E-state index in [0.29, 0.717) is 11.4 Å². The normalized spacial score (nSPS) is 15.2. The third kappa shape index (κ3) is 3.87. The number of amides is 1. The van der Waals surface area contributed by atoms with Gasteiger partial charge in [-0.25, -0.2) is 0 Å². The number of para-hydroxylation sites is 1. The van der Waals surface area contributed by atoms with Gasteiger partial charge in [0, 0.05) is 25.4 Å². The molecule has 0 aliphatic carbocycles. The van der Waals surface area contributed by atoms with E-state index < -0.39 is 0 Å². The standard InChI is InChI=1S/C18H21N3O2/c1-21(14-7-10-19-11-8-14)18(22)17-13-16(9-12-20-17)23-15-5-3-2-4-6-15/h2-6,9,12-14,19H,7-8,10-11H2,1H3. The van der Waals surface area contributed by atoms with Gasteiger partial charge in [-0.1, -0.05) is 18.2 Å². The van der Waals surface area contributed by atoms with Crippen LogP contribution in [0.2, 0.25) is 0 Å². The average molecular weight is 311 g/mol. The number of hydrogen-bond acceptors (Lipinski definition) is 4. The first kappa shape index (κ1) is 15.5. The molecule has 0 spiro atoms. The van der Waals surface area contributed by atoms with Gasteiger partial charge in [0.25, 0.3) is 5.91 Å². The highest BCUT2D eigenvalue weighted by Gasteiger charge is 2.23. The van der Waals surface area contributed by atoms with Crippen molar-refractivity contribution in [3.05, 3.63) is 54.4 Å². The van der Waals surface area contributed by atoms with Gasteiger partial charge in [0.05, 0.1) is 0 Å². The fraction of sp³-hybridized carbons (Fsp3) is 0.333. The number of nitrogens with one attached hydrogen (secondary N) is 1. The third-order valence-corrected chi connectivity index (χ3v) is 4.11. The summed E-state index contributed by atoms with van der Waals surface area (Å²) >= 11 is 0. The molecule has 1 aromatic heterocycles. The van der Waals surface area contributed by atoms with Crippen molar-refractivity contribution in [2.45, 2.75) is 18.9 Å². The molecule has 0 saturated carbocycles. The molecule has 2 aromatic rings. The molecule has 1 aliphatic rings. The van der Waals surface area contributed by atoms with Gasteiger partial charge in [0.2, 0.25) is 0 Å². The maximum atomic E-state index is 12.6. The van der Waals surface area contributed by atoms with Crippen molar-refractivity contribution < 1.29 is 9.53 Å². The second-order valence-corrected chi connectivity index (χ2v) is 5.69. The van der Waals surface area contributed by atoms with E-state index >= 15 is 0 Å². The lowest BCUT2D eigenvalue weighted by Crippen LogP contribution is -2.44. The molecule has 1 fully saturated rings. The molecular formula is C18H21N3O2. The molecule has 1 saturated heterocycles. The Morgan fingerprint density at radius 2 is 1.91 bits per heavy atom. The summed E-state index contributed by atoms with van der Waals surface area (Å²) in [5.41, 5.74) is 0.416. The van der Waals surface area contributed by atoms with E-state index in [-0.39, 0.29) is 11.9 Å². The Morgan fingerprint density at radius 3 is 2.65 bits per heavy atom. The fourth-order valence-corrected chi connectivity index (χ4v) is 2.76. The lowest BCUT2D eigenvalue weighted by atomic mass is 10.1. The SMILES string of the molecule is CN(C(=O)c1cc(Oc2ccccc2)ccn1)C1CCNCC1. The molecule has 0 unspecified atom stereocenters. The Bertz CT molecular complexity index is 654. The van der Waals surface area contributed by atoms with Gasteiger partial charge in [-0.3, -0.25) is 9.78 Å². The van der Waals surface area contributed by atoms with Crippen molar-refractivity contribution in [1.29, 1.82) is 0 Å². The van der Waals surface area contributed by atoms with Gasteiger partial charge in [0.15, 0.2) is 0 Å². The number of piperidine rings is 1. The number of aromatic nitrogens is 1. The summed E-state index contributed by atoms with van der Waals surface area (Å²) in [7, 11) is 1.85. The molecule has 0 atom stereocenters. The molecule has 120 valence electrons. The van der Waals surface area contributed by atoms with E-state index in [9.17, 15) is 4.79 Å². The van der Waals surface area contributed by atoms with Crippen LogP contribution < -0.4 is 10.1 Å². The van der Waals surface area contributed by atoms with Crippen LogP contribution in [-0.2, 0) is 0 Å². The molecule has 2 heterocycles. The van der Waals surface area contributed by atoms with Crippen molar-refractivity contribution >= 4 is 5.91 Å². The van der Waals surface area contributed by atoms with Gasteiger partial charge in [0.1, 0.15) is 17.2 Å². The quantitative estimate of drug-likeness (QED) is 0.943. The first-order valence-electron chi connectivity index (χ1n) is 7.91. The summed E-state index contributed by atoms with van der Waals surface area (Å²) in [4.78, 5) is 18.6. The molecule has 1 amide bonds. The van der Waals surface area contributed by atoms with Crippen LogP contribution in [0.1, 0.15) is 23.3 Å². The number of hydrogen-bond donors (Lipinski definition) is 1. The predicted molar refractivity (Wildman–Crippen MR) is 88.7 cm³/mol. The topological polar surface area (TPSA) is 54.5 Å². The number of carbonyl (C=O) groups is 1.